The molecule has 0 unspecified atom stereocenters. The molecule has 2 aromatic rings. The van der Waals surface area contributed by atoms with Gasteiger partial charge in [0, 0.05) is 9.50 Å². The summed E-state index contributed by atoms with van der Waals surface area (Å²) in [6.45, 7) is -0.569. The van der Waals surface area contributed by atoms with Gasteiger partial charge in [0.2, 0.25) is 5.24 Å². The maximum absolute atomic E-state index is 12.8. The minimum absolute atomic E-state index is 0.00495. The van der Waals surface area contributed by atoms with Gasteiger partial charge in [0.05, 0.1) is 15.6 Å². The van der Waals surface area contributed by atoms with E-state index in [0.717, 1.165) is 8.78 Å². The second-order valence-electron chi connectivity index (χ2n) is 4.42. The molecule has 0 aliphatic heterocycles. The first-order valence-corrected chi connectivity index (χ1v) is 9.50. The van der Waals surface area contributed by atoms with Crippen LogP contribution < -0.4 is 4.31 Å². The molecule has 0 aliphatic rings. The van der Waals surface area contributed by atoms with E-state index in [2.05, 4.69) is 15.9 Å². The molecule has 0 N–H and O–H groups in total. The van der Waals surface area contributed by atoms with E-state index in [1.165, 1.54) is 30.3 Å². The van der Waals surface area contributed by atoms with Gasteiger partial charge in [-0.05, 0) is 54.1 Å². The fraction of sp³-hybridized carbons (Fsp3) is 0.0714. The molecule has 9 heteroatoms. The zero-order valence-electron chi connectivity index (χ0n) is 11.3. The zero-order chi connectivity index (χ0) is 17.2. The summed E-state index contributed by atoms with van der Waals surface area (Å²) in [5.41, 5.74) is 0.0797. The molecule has 0 radical (unpaired) electrons. The van der Waals surface area contributed by atoms with Gasteiger partial charge in [0.1, 0.15) is 6.54 Å². The summed E-state index contributed by atoms with van der Waals surface area (Å²) in [5.74, 6) is 0. The molecule has 2 rings (SSSR count). The van der Waals surface area contributed by atoms with Crippen molar-refractivity contribution < 1.29 is 13.2 Å². The lowest BCUT2D eigenvalue weighted by atomic mass is 10.3. The Morgan fingerprint density at radius 1 is 1.09 bits per heavy atom. The zero-order valence-corrected chi connectivity index (χ0v) is 16.0. The number of rotatable bonds is 5. The summed E-state index contributed by atoms with van der Waals surface area (Å²) in [6, 6.07) is 10.3. The van der Waals surface area contributed by atoms with E-state index in [-0.39, 0.29) is 20.6 Å². The largest absolute Gasteiger partial charge is 0.279 e. The molecule has 0 amide bonds. The highest BCUT2D eigenvalue weighted by molar-refractivity contribution is 9.10. The summed E-state index contributed by atoms with van der Waals surface area (Å²) >= 11 is 20.6. The standard InChI is InChI=1S/C14H9BrCl3NO3S/c15-9-1-4-11(5-2-9)23(21,22)19(8-14(18)20)13-7-10(16)3-6-12(13)17/h1-7H,8H2. The van der Waals surface area contributed by atoms with Crippen molar-refractivity contribution in [2.45, 2.75) is 4.90 Å². The molecule has 0 fully saturated rings. The molecule has 0 spiro atoms. The number of hydrogen-bond acceptors (Lipinski definition) is 3. The minimum Gasteiger partial charge on any atom is -0.279 e. The highest BCUT2D eigenvalue weighted by atomic mass is 79.9. The molecule has 2 aromatic carbocycles. The number of nitrogens with zero attached hydrogens (tertiary/aromatic N) is 1. The van der Waals surface area contributed by atoms with Crippen molar-refractivity contribution >= 4 is 71.7 Å². The fourth-order valence-electron chi connectivity index (χ4n) is 1.82. The molecule has 0 atom stereocenters. The Hall–Kier alpha value is -0.790. The van der Waals surface area contributed by atoms with Gasteiger partial charge in [-0.15, -0.1) is 0 Å². The van der Waals surface area contributed by atoms with E-state index in [1.54, 1.807) is 12.1 Å². The SMILES string of the molecule is O=C(Cl)CN(c1cc(Cl)ccc1Cl)S(=O)(=O)c1ccc(Br)cc1. The van der Waals surface area contributed by atoms with Crippen LogP contribution in [0, 0.1) is 0 Å². The Bertz CT molecular complexity index is 841. The summed E-state index contributed by atoms with van der Waals surface area (Å²) in [6.07, 6.45) is 0. The molecule has 0 saturated carbocycles. The Labute approximate surface area is 157 Å². The Kier molecular flexibility index (Phi) is 5.97. The van der Waals surface area contributed by atoms with Crippen LogP contribution in [-0.2, 0) is 14.8 Å². The van der Waals surface area contributed by atoms with Gasteiger partial charge in [-0.2, -0.15) is 0 Å². The predicted octanol–water partition coefficient (Wildman–Crippen LogP) is 4.72. The lowest BCUT2D eigenvalue weighted by molar-refractivity contribution is -0.110. The van der Waals surface area contributed by atoms with E-state index >= 15 is 0 Å². The normalized spacial score (nSPS) is 11.3. The number of halogens is 4. The van der Waals surface area contributed by atoms with Crippen LogP contribution in [0.25, 0.3) is 0 Å². The Morgan fingerprint density at radius 3 is 2.26 bits per heavy atom. The molecular formula is C14H9BrCl3NO3S. The van der Waals surface area contributed by atoms with Crippen molar-refractivity contribution in [2.75, 3.05) is 10.8 Å². The number of anilines is 1. The van der Waals surface area contributed by atoms with Crippen LogP contribution in [0.15, 0.2) is 51.8 Å². The first-order valence-electron chi connectivity index (χ1n) is 6.13. The molecule has 4 nitrogen and oxygen atoms in total. The first-order chi connectivity index (χ1) is 10.7. The van der Waals surface area contributed by atoms with Crippen molar-refractivity contribution in [2.24, 2.45) is 0 Å². The third kappa shape index (κ3) is 4.39. The highest BCUT2D eigenvalue weighted by Crippen LogP contribution is 2.33. The second kappa shape index (κ2) is 7.40. The first kappa shape index (κ1) is 18.5. The summed E-state index contributed by atoms with van der Waals surface area (Å²) < 4.78 is 27.2. The number of carbonyl (C=O) groups is 1. The van der Waals surface area contributed by atoms with Gasteiger partial charge >= 0.3 is 0 Å². The van der Waals surface area contributed by atoms with Crippen LogP contribution in [0.5, 0.6) is 0 Å². The third-order valence-corrected chi connectivity index (χ3v) is 5.82. The Balaban J connectivity index is 2.60. The number of hydrogen-bond donors (Lipinski definition) is 0. The monoisotopic (exact) mass is 455 g/mol. The van der Waals surface area contributed by atoms with E-state index in [1.807, 2.05) is 0 Å². The van der Waals surface area contributed by atoms with Crippen molar-refractivity contribution in [3.05, 3.63) is 57.0 Å². The molecule has 0 aromatic heterocycles. The van der Waals surface area contributed by atoms with E-state index in [9.17, 15) is 13.2 Å². The molecular weight excluding hydrogens is 448 g/mol. The van der Waals surface area contributed by atoms with Gasteiger partial charge in [-0.25, -0.2) is 8.42 Å². The van der Waals surface area contributed by atoms with Crippen LogP contribution in [0.4, 0.5) is 5.69 Å². The van der Waals surface area contributed by atoms with Crippen LogP contribution in [0.3, 0.4) is 0 Å². The topological polar surface area (TPSA) is 54.5 Å². The van der Waals surface area contributed by atoms with Gasteiger partial charge < -0.3 is 0 Å². The van der Waals surface area contributed by atoms with Crippen molar-refractivity contribution in [1.82, 2.24) is 0 Å². The molecule has 122 valence electrons. The van der Waals surface area contributed by atoms with Crippen molar-refractivity contribution in [1.29, 1.82) is 0 Å². The third-order valence-electron chi connectivity index (χ3n) is 2.85. The molecule has 0 aliphatic carbocycles. The van der Waals surface area contributed by atoms with E-state index in [4.69, 9.17) is 34.8 Å². The minimum atomic E-state index is -4.04. The summed E-state index contributed by atoms with van der Waals surface area (Å²) in [7, 11) is -4.04. The van der Waals surface area contributed by atoms with Crippen LogP contribution in [0.2, 0.25) is 10.0 Å². The molecule has 0 saturated heterocycles. The molecule has 0 bridgehead atoms. The molecule has 23 heavy (non-hydrogen) atoms. The fourth-order valence-corrected chi connectivity index (χ4v) is 4.15. The Morgan fingerprint density at radius 2 is 1.70 bits per heavy atom. The predicted molar refractivity (Wildman–Crippen MR) is 96.0 cm³/mol. The maximum Gasteiger partial charge on any atom is 0.264 e. The number of sulfonamides is 1. The van der Waals surface area contributed by atoms with E-state index in [0.29, 0.717) is 0 Å². The van der Waals surface area contributed by atoms with E-state index < -0.39 is 21.8 Å². The molecule has 0 heterocycles. The van der Waals surface area contributed by atoms with Gasteiger partial charge in [0.15, 0.2) is 0 Å². The highest BCUT2D eigenvalue weighted by Gasteiger charge is 2.28. The second-order valence-corrected chi connectivity index (χ2v) is 8.46. The average molecular weight is 458 g/mol. The number of carbonyl (C=O) groups excluding carboxylic acids is 1. The van der Waals surface area contributed by atoms with Crippen LogP contribution in [0.1, 0.15) is 0 Å². The smallest absolute Gasteiger partial charge is 0.264 e. The number of benzene rings is 2. The quantitative estimate of drug-likeness (QED) is 0.611. The van der Waals surface area contributed by atoms with Crippen LogP contribution >= 0.6 is 50.7 Å². The van der Waals surface area contributed by atoms with Crippen LogP contribution in [-0.4, -0.2) is 20.2 Å². The lowest BCUT2D eigenvalue weighted by Crippen LogP contribution is -2.34. The van der Waals surface area contributed by atoms with Crippen molar-refractivity contribution in [3.8, 4) is 0 Å². The maximum atomic E-state index is 12.8. The van der Waals surface area contributed by atoms with Gasteiger partial charge in [-0.3, -0.25) is 9.10 Å². The average Bonchev–Trinajstić information content (AvgIpc) is 2.47. The summed E-state index contributed by atoms with van der Waals surface area (Å²) in [5, 5.41) is -0.433. The van der Waals surface area contributed by atoms with Gasteiger partial charge in [-0.1, -0.05) is 39.1 Å². The summed E-state index contributed by atoms with van der Waals surface area (Å²) in [4.78, 5) is 11.3. The van der Waals surface area contributed by atoms with Crippen molar-refractivity contribution in [3.63, 3.8) is 0 Å². The van der Waals surface area contributed by atoms with Gasteiger partial charge in [0.25, 0.3) is 10.0 Å². The lowest BCUT2D eigenvalue weighted by Gasteiger charge is -2.24.